The number of phenols is 2. The van der Waals surface area contributed by atoms with Gasteiger partial charge in [0.05, 0.1) is 12.5 Å². The monoisotopic (exact) mass is 315 g/mol. The van der Waals surface area contributed by atoms with Gasteiger partial charge in [0.1, 0.15) is 17.2 Å². The van der Waals surface area contributed by atoms with Gasteiger partial charge in [0.2, 0.25) is 4.80 Å². The fourth-order valence-electron chi connectivity index (χ4n) is 1.92. The van der Waals surface area contributed by atoms with Crippen molar-refractivity contribution in [2.75, 3.05) is 7.05 Å². The van der Waals surface area contributed by atoms with Crippen LogP contribution in [0.15, 0.2) is 56.5 Å². The predicted molar refractivity (Wildman–Crippen MR) is 84.3 cm³/mol. The van der Waals surface area contributed by atoms with E-state index in [-0.39, 0.29) is 11.5 Å². The first-order chi connectivity index (χ1) is 10.7. The topological polar surface area (TPSA) is 83.2 Å². The minimum atomic E-state index is -0.0471. The van der Waals surface area contributed by atoms with E-state index in [1.807, 2.05) is 11.4 Å². The number of furan rings is 1. The minimum absolute atomic E-state index is 0.00152. The smallest absolute Gasteiger partial charge is 0.206 e. The van der Waals surface area contributed by atoms with Gasteiger partial charge in [-0.3, -0.25) is 4.99 Å². The molecule has 0 unspecified atom stereocenters. The molecule has 0 radical (unpaired) electrons. The van der Waals surface area contributed by atoms with E-state index in [1.165, 1.54) is 29.7 Å². The molecule has 6 nitrogen and oxygen atoms in total. The highest BCUT2D eigenvalue weighted by atomic mass is 32.1. The molecule has 0 aliphatic carbocycles. The molecule has 3 aromatic rings. The van der Waals surface area contributed by atoms with Crippen molar-refractivity contribution in [2.45, 2.75) is 0 Å². The minimum Gasteiger partial charge on any atom is -0.508 e. The highest BCUT2D eigenvalue weighted by Gasteiger charge is 2.09. The van der Waals surface area contributed by atoms with Gasteiger partial charge in [-0.2, -0.15) is 5.10 Å². The van der Waals surface area contributed by atoms with Crippen LogP contribution in [-0.2, 0) is 0 Å². The SMILES string of the molecule is CN=c1scc(-c2ccco2)n1N=Cc1ccc(O)cc1O. The van der Waals surface area contributed by atoms with Gasteiger partial charge in [0.25, 0.3) is 0 Å². The average Bonchev–Trinajstić information content (AvgIpc) is 3.15. The summed E-state index contributed by atoms with van der Waals surface area (Å²) in [6.07, 6.45) is 3.10. The number of rotatable bonds is 3. The Hall–Kier alpha value is -2.80. The molecule has 0 spiro atoms. The van der Waals surface area contributed by atoms with Crippen LogP contribution in [0.2, 0.25) is 0 Å². The molecule has 2 aromatic heterocycles. The number of phenolic OH excluding ortho intramolecular Hbond substituents is 2. The molecule has 0 amide bonds. The summed E-state index contributed by atoms with van der Waals surface area (Å²) >= 11 is 1.44. The van der Waals surface area contributed by atoms with Crippen LogP contribution in [0.25, 0.3) is 11.5 Å². The summed E-state index contributed by atoms with van der Waals surface area (Å²) in [5, 5.41) is 25.4. The predicted octanol–water partition coefficient (Wildman–Crippen LogP) is 2.63. The lowest BCUT2D eigenvalue weighted by Gasteiger charge is -2.01. The maximum absolute atomic E-state index is 9.80. The quantitative estimate of drug-likeness (QED) is 0.729. The first-order valence-electron chi connectivity index (χ1n) is 6.42. The Morgan fingerprint density at radius 3 is 2.82 bits per heavy atom. The van der Waals surface area contributed by atoms with E-state index in [0.717, 1.165) is 5.69 Å². The van der Waals surface area contributed by atoms with Crippen LogP contribution in [0.3, 0.4) is 0 Å². The number of aromatic hydroxyl groups is 2. The third kappa shape index (κ3) is 2.66. The largest absolute Gasteiger partial charge is 0.508 e. The lowest BCUT2D eigenvalue weighted by molar-refractivity contribution is 0.450. The fourth-order valence-corrected chi connectivity index (χ4v) is 2.70. The standard InChI is InChI=1S/C15H13N3O3S/c1-16-15-18(12(9-22-15)14-3-2-6-21-14)17-8-10-4-5-11(19)7-13(10)20/h2-9,19-20H,1H3. The van der Waals surface area contributed by atoms with E-state index >= 15 is 0 Å². The van der Waals surface area contributed by atoms with Crippen molar-refractivity contribution in [1.82, 2.24) is 4.68 Å². The average molecular weight is 315 g/mol. The van der Waals surface area contributed by atoms with Crippen molar-refractivity contribution in [3.63, 3.8) is 0 Å². The summed E-state index contributed by atoms with van der Waals surface area (Å²) in [7, 11) is 1.68. The van der Waals surface area contributed by atoms with Crippen molar-refractivity contribution in [3.05, 3.63) is 52.3 Å². The van der Waals surface area contributed by atoms with Gasteiger partial charge in [0, 0.05) is 24.1 Å². The lowest BCUT2D eigenvalue weighted by atomic mass is 10.2. The molecular formula is C15H13N3O3S. The molecule has 112 valence electrons. The Morgan fingerprint density at radius 2 is 2.14 bits per heavy atom. The number of benzene rings is 1. The summed E-state index contributed by atoms with van der Waals surface area (Å²) in [5.41, 5.74) is 1.26. The molecule has 0 aliphatic rings. The van der Waals surface area contributed by atoms with Crippen LogP contribution in [0, 0.1) is 0 Å². The third-order valence-electron chi connectivity index (χ3n) is 2.98. The van der Waals surface area contributed by atoms with Gasteiger partial charge in [-0.05, 0) is 24.3 Å². The highest BCUT2D eigenvalue weighted by molar-refractivity contribution is 7.07. The zero-order valence-corrected chi connectivity index (χ0v) is 12.5. The van der Waals surface area contributed by atoms with Gasteiger partial charge in [-0.1, -0.05) is 0 Å². The molecule has 22 heavy (non-hydrogen) atoms. The van der Waals surface area contributed by atoms with E-state index < -0.39 is 0 Å². The first kappa shape index (κ1) is 14.2. The van der Waals surface area contributed by atoms with Crippen LogP contribution < -0.4 is 4.80 Å². The third-order valence-corrected chi connectivity index (χ3v) is 3.88. The van der Waals surface area contributed by atoms with Crippen molar-refractivity contribution in [1.29, 1.82) is 0 Å². The summed E-state index contributed by atoms with van der Waals surface area (Å²) in [6.45, 7) is 0. The molecule has 0 bridgehead atoms. The van der Waals surface area contributed by atoms with Crippen LogP contribution >= 0.6 is 11.3 Å². The number of nitrogens with zero attached hydrogens (tertiary/aromatic N) is 3. The van der Waals surface area contributed by atoms with Gasteiger partial charge in [-0.15, -0.1) is 11.3 Å². The maximum Gasteiger partial charge on any atom is 0.206 e. The highest BCUT2D eigenvalue weighted by Crippen LogP contribution is 2.22. The Balaban J connectivity index is 2.05. The molecule has 0 atom stereocenters. The van der Waals surface area contributed by atoms with E-state index in [4.69, 9.17) is 4.42 Å². The molecule has 0 saturated heterocycles. The molecule has 2 N–H and O–H groups in total. The maximum atomic E-state index is 9.80. The molecule has 0 aliphatic heterocycles. The Labute approximate surface area is 129 Å². The Kier molecular flexibility index (Phi) is 3.80. The molecule has 7 heteroatoms. The number of thiazole rings is 1. The van der Waals surface area contributed by atoms with Crippen LogP contribution in [0.5, 0.6) is 11.5 Å². The molecule has 2 heterocycles. The van der Waals surface area contributed by atoms with Gasteiger partial charge < -0.3 is 14.6 Å². The number of aromatic nitrogens is 1. The van der Waals surface area contributed by atoms with Crippen molar-refractivity contribution < 1.29 is 14.6 Å². The first-order valence-corrected chi connectivity index (χ1v) is 7.30. The molecule has 0 fully saturated rings. The number of hydrogen-bond acceptors (Lipinski definition) is 6. The summed E-state index contributed by atoms with van der Waals surface area (Å²) < 4.78 is 7.03. The molecule has 1 aromatic carbocycles. The molecule has 0 saturated carbocycles. The molecule has 3 rings (SSSR count). The van der Waals surface area contributed by atoms with Crippen LogP contribution in [0.1, 0.15) is 5.56 Å². The van der Waals surface area contributed by atoms with Gasteiger partial charge in [0.15, 0.2) is 5.76 Å². The lowest BCUT2D eigenvalue weighted by Crippen LogP contribution is -2.11. The number of hydrogen-bond donors (Lipinski definition) is 2. The van der Waals surface area contributed by atoms with Gasteiger partial charge in [-0.25, -0.2) is 4.68 Å². The van der Waals surface area contributed by atoms with E-state index in [2.05, 4.69) is 10.1 Å². The summed E-state index contributed by atoms with van der Waals surface area (Å²) in [4.78, 5) is 4.87. The van der Waals surface area contributed by atoms with E-state index in [9.17, 15) is 10.2 Å². The van der Waals surface area contributed by atoms with E-state index in [1.54, 1.807) is 30.1 Å². The second-order valence-corrected chi connectivity index (χ2v) is 5.24. The zero-order valence-electron chi connectivity index (χ0n) is 11.7. The Morgan fingerprint density at radius 1 is 1.27 bits per heavy atom. The summed E-state index contributed by atoms with van der Waals surface area (Å²) in [5.74, 6) is 0.630. The van der Waals surface area contributed by atoms with Gasteiger partial charge >= 0.3 is 0 Å². The van der Waals surface area contributed by atoms with E-state index in [0.29, 0.717) is 16.1 Å². The van der Waals surface area contributed by atoms with Crippen LogP contribution in [-0.4, -0.2) is 28.2 Å². The zero-order chi connectivity index (χ0) is 15.5. The Bertz CT molecular complexity index is 876. The normalized spacial score (nSPS) is 12.3. The van der Waals surface area contributed by atoms with Crippen molar-refractivity contribution in [2.24, 2.45) is 10.1 Å². The van der Waals surface area contributed by atoms with Crippen molar-refractivity contribution >= 4 is 17.6 Å². The second-order valence-electron chi connectivity index (χ2n) is 4.40. The van der Waals surface area contributed by atoms with Crippen LogP contribution in [0.4, 0.5) is 0 Å². The molecular weight excluding hydrogens is 302 g/mol. The summed E-state index contributed by atoms with van der Waals surface area (Å²) in [6, 6.07) is 7.97. The fraction of sp³-hybridized carbons (Fsp3) is 0.0667. The van der Waals surface area contributed by atoms with Crippen molar-refractivity contribution in [3.8, 4) is 23.0 Å². The second kappa shape index (κ2) is 5.90.